The Labute approximate surface area is 409 Å². The summed E-state index contributed by atoms with van der Waals surface area (Å²) >= 11 is 0. The molecular formula is C60H107NO5. The van der Waals surface area contributed by atoms with E-state index in [-0.39, 0.29) is 6.10 Å². The molecule has 0 radical (unpaired) electrons. The molecule has 0 amide bonds. The molecule has 382 valence electrons. The van der Waals surface area contributed by atoms with Gasteiger partial charge in [-0.15, -0.1) is 0 Å². The fourth-order valence-corrected chi connectivity index (χ4v) is 13.7. The Morgan fingerprint density at radius 3 is 2.14 bits per heavy atom. The van der Waals surface area contributed by atoms with E-state index in [4.69, 9.17) is 23.7 Å². The lowest BCUT2D eigenvalue weighted by molar-refractivity contribution is -0.0653. The van der Waals surface area contributed by atoms with Crippen LogP contribution in [0.15, 0.2) is 36.0 Å². The highest BCUT2D eigenvalue weighted by molar-refractivity contribution is 5.25. The van der Waals surface area contributed by atoms with Gasteiger partial charge < -0.3 is 23.7 Å². The standard InChI is InChI=1S/C60H107NO5/c1-7-8-9-10-11-12-13-14-15-16-17-18-19-20-21-22-23-24-40-64-49-54(48-61-38-45-63-46-39-61)66-44-27-42-62-41-26-43-65-53-34-36-59(5)52(47-53)30-31-55-57-33-32-56(51(4)29-25-28-50(2)3)60(57,6)37-35-58(55)59/h11-12,14-15,30,50-51,53-58H,7-10,13,16-29,31-49H2,1-6H3/t51-,53+,54?,55+,56-,57+,58+,59+,60-/m1/s1. The van der Waals surface area contributed by atoms with E-state index >= 15 is 0 Å². The summed E-state index contributed by atoms with van der Waals surface area (Å²) < 4.78 is 30.9. The summed E-state index contributed by atoms with van der Waals surface area (Å²) in [5.41, 5.74) is 2.71. The fourth-order valence-electron chi connectivity index (χ4n) is 13.7. The lowest BCUT2D eigenvalue weighted by Gasteiger charge is -2.58. The van der Waals surface area contributed by atoms with Crippen molar-refractivity contribution in [3.05, 3.63) is 36.0 Å². The molecule has 66 heavy (non-hydrogen) atoms. The number of allylic oxidation sites excluding steroid dienone is 5. The molecule has 1 saturated heterocycles. The molecule has 1 unspecified atom stereocenters. The van der Waals surface area contributed by atoms with Gasteiger partial charge in [-0.05, 0) is 149 Å². The van der Waals surface area contributed by atoms with Crippen LogP contribution in [0, 0.1) is 46.3 Å². The van der Waals surface area contributed by atoms with Crippen molar-refractivity contribution in [2.45, 2.75) is 227 Å². The lowest BCUT2D eigenvalue weighted by Crippen LogP contribution is -2.51. The van der Waals surface area contributed by atoms with Gasteiger partial charge in [0, 0.05) is 52.7 Å². The number of nitrogens with zero attached hydrogens (tertiary/aromatic N) is 1. The zero-order valence-corrected chi connectivity index (χ0v) is 44.4. The van der Waals surface area contributed by atoms with Crippen LogP contribution in [0.2, 0.25) is 0 Å². The van der Waals surface area contributed by atoms with E-state index in [9.17, 15) is 0 Å². The van der Waals surface area contributed by atoms with Gasteiger partial charge in [-0.3, -0.25) is 4.90 Å². The van der Waals surface area contributed by atoms with E-state index < -0.39 is 0 Å². The monoisotopic (exact) mass is 922 g/mol. The number of morpholine rings is 1. The minimum Gasteiger partial charge on any atom is -0.381 e. The van der Waals surface area contributed by atoms with Crippen molar-refractivity contribution in [3.8, 4) is 0 Å². The first kappa shape index (κ1) is 55.9. The minimum atomic E-state index is 0.104. The second kappa shape index (κ2) is 32.1. The molecule has 9 atom stereocenters. The maximum atomic E-state index is 6.56. The van der Waals surface area contributed by atoms with Crippen molar-refractivity contribution in [3.63, 3.8) is 0 Å². The predicted molar refractivity (Wildman–Crippen MR) is 279 cm³/mol. The summed E-state index contributed by atoms with van der Waals surface area (Å²) in [5, 5.41) is 0. The van der Waals surface area contributed by atoms with E-state index in [0.717, 1.165) is 133 Å². The first-order valence-electron chi connectivity index (χ1n) is 28.9. The van der Waals surface area contributed by atoms with Gasteiger partial charge in [0.1, 0.15) is 0 Å². The Hall–Kier alpha value is -1.02. The fraction of sp³-hybridized carbons (Fsp3) is 0.900. The molecule has 6 heteroatoms. The first-order valence-corrected chi connectivity index (χ1v) is 28.9. The molecule has 3 saturated carbocycles. The van der Waals surface area contributed by atoms with Crippen molar-refractivity contribution in [1.82, 2.24) is 4.90 Å². The summed E-state index contributed by atoms with van der Waals surface area (Å²) in [6.45, 7) is 24.1. The maximum absolute atomic E-state index is 6.56. The quantitative estimate of drug-likeness (QED) is 0.0461. The van der Waals surface area contributed by atoms with Crippen LogP contribution in [0.4, 0.5) is 0 Å². The minimum absolute atomic E-state index is 0.104. The van der Waals surface area contributed by atoms with Gasteiger partial charge in [-0.25, -0.2) is 0 Å². The number of unbranched alkanes of at least 4 members (excludes halogenated alkanes) is 11. The Bertz CT molecular complexity index is 1340. The average Bonchev–Trinajstić information content (AvgIpc) is 3.67. The maximum Gasteiger partial charge on any atom is 0.0934 e. The number of ether oxygens (including phenoxy) is 5. The van der Waals surface area contributed by atoms with E-state index in [1.807, 2.05) is 0 Å². The van der Waals surface area contributed by atoms with Crippen LogP contribution in [0.25, 0.3) is 0 Å². The first-order chi connectivity index (χ1) is 32.2. The Morgan fingerprint density at radius 1 is 0.697 bits per heavy atom. The van der Waals surface area contributed by atoms with Crippen molar-refractivity contribution in [2.75, 3.05) is 72.5 Å². The lowest BCUT2D eigenvalue weighted by atomic mass is 9.47. The molecule has 0 aromatic carbocycles. The zero-order chi connectivity index (χ0) is 46.7. The molecule has 0 aromatic heterocycles. The smallest absolute Gasteiger partial charge is 0.0934 e. The van der Waals surface area contributed by atoms with Gasteiger partial charge in [-0.1, -0.05) is 148 Å². The Balaban J connectivity index is 0.868. The molecule has 0 bridgehead atoms. The second-order valence-corrected chi connectivity index (χ2v) is 23.1. The van der Waals surface area contributed by atoms with E-state index in [1.165, 1.54) is 141 Å². The third-order valence-corrected chi connectivity index (χ3v) is 17.7. The molecular weight excluding hydrogens is 815 g/mol. The van der Waals surface area contributed by atoms with Crippen LogP contribution in [0.3, 0.4) is 0 Å². The van der Waals surface area contributed by atoms with Crippen LogP contribution in [-0.2, 0) is 23.7 Å². The third kappa shape index (κ3) is 19.0. The molecule has 0 N–H and O–H groups in total. The van der Waals surface area contributed by atoms with Gasteiger partial charge >= 0.3 is 0 Å². The number of hydrogen-bond acceptors (Lipinski definition) is 6. The molecule has 1 heterocycles. The highest BCUT2D eigenvalue weighted by Crippen LogP contribution is 2.67. The molecule has 4 aliphatic carbocycles. The summed E-state index contributed by atoms with van der Waals surface area (Å²) in [5.74, 6) is 5.39. The van der Waals surface area contributed by atoms with Crippen molar-refractivity contribution < 1.29 is 23.7 Å². The number of fused-ring (bicyclic) bond motifs is 5. The van der Waals surface area contributed by atoms with Crippen molar-refractivity contribution in [2.24, 2.45) is 46.3 Å². The second-order valence-electron chi connectivity index (χ2n) is 23.1. The van der Waals surface area contributed by atoms with Crippen LogP contribution >= 0.6 is 0 Å². The van der Waals surface area contributed by atoms with E-state index in [2.05, 4.69) is 76.8 Å². The van der Waals surface area contributed by atoms with Gasteiger partial charge in [0.15, 0.2) is 0 Å². The van der Waals surface area contributed by atoms with Crippen LogP contribution in [-0.4, -0.2) is 89.6 Å². The largest absolute Gasteiger partial charge is 0.381 e. The normalized spacial score (nSPS) is 29.1. The van der Waals surface area contributed by atoms with Crippen LogP contribution < -0.4 is 0 Å². The van der Waals surface area contributed by atoms with Crippen molar-refractivity contribution in [1.29, 1.82) is 0 Å². The van der Waals surface area contributed by atoms with Gasteiger partial charge in [0.25, 0.3) is 0 Å². The predicted octanol–water partition coefficient (Wildman–Crippen LogP) is 15.5. The molecule has 5 aliphatic rings. The summed E-state index contributed by atoms with van der Waals surface area (Å²) in [6.07, 6.45) is 47.8. The van der Waals surface area contributed by atoms with Gasteiger partial charge in [0.05, 0.1) is 32.0 Å². The highest BCUT2D eigenvalue weighted by Gasteiger charge is 2.59. The molecule has 0 aromatic rings. The zero-order valence-electron chi connectivity index (χ0n) is 44.4. The number of rotatable bonds is 36. The van der Waals surface area contributed by atoms with Gasteiger partial charge in [-0.2, -0.15) is 0 Å². The average molecular weight is 923 g/mol. The summed E-state index contributed by atoms with van der Waals surface area (Å²) in [4.78, 5) is 2.47. The molecule has 6 nitrogen and oxygen atoms in total. The Kier molecular flexibility index (Phi) is 27.1. The third-order valence-electron chi connectivity index (χ3n) is 17.7. The van der Waals surface area contributed by atoms with Crippen LogP contribution in [0.1, 0.15) is 215 Å². The summed E-state index contributed by atoms with van der Waals surface area (Å²) in [6, 6.07) is 0. The topological polar surface area (TPSA) is 49.4 Å². The SMILES string of the molecule is CCCCCC=CCC=CCCCCCCCCCCOCC(CN1CCOCC1)OCCCOCCCO[C@H]1CC[C@@]2(C)C(=CC[C@H]3[C@@H]4CC[C@H]([C@H](C)CCCC(C)C)[C@@]4(C)CC[C@@H]32)C1. The molecule has 0 spiro atoms. The van der Waals surface area contributed by atoms with Gasteiger partial charge in [0.2, 0.25) is 0 Å². The summed E-state index contributed by atoms with van der Waals surface area (Å²) in [7, 11) is 0. The molecule has 4 fully saturated rings. The van der Waals surface area contributed by atoms with Crippen LogP contribution in [0.5, 0.6) is 0 Å². The number of hydrogen-bond donors (Lipinski definition) is 0. The van der Waals surface area contributed by atoms with E-state index in [0.29, 0.717) is 23.5 Å². The molecule has 5 rings (SSSR count). The Morgan fingerprint density at radius 2 is 1.39 bits per heavy atom. The molecule has 1 aliphatic heterocycles. The highest BCUT2D eigenvalue weighted by atomic mass is 16.5. The van der Waals surface area contributed by atoms with Crippen molar-refractivity contribution >= 4 is 0 Å². The van der Waals surface area contributed by atoms with E-state index in [1.54, 1.807) is 5.57 Å².